The zero-order chi connectivity index (χ0) is 26.1. The number of nitrogens with one attached hydrogen (secondary N) is 2. The Kier molecular flexibility index (Phi) is 7.80. The van der Waals surface area contributed by atoms with Gasteiger partial charge in [0, 0.05) is 11.5 Å². The van der Waals surface area contributed by atoms with Crippen LogP contribution in [0.4, 0.5) is 0 Å². The van der Waals surface area contributed by atoms with Crippen molar-refractivity contribution in [3.8, 4) is 0 Å². The van der Waals surface area contributed by atoms with Gasteiger partial charge in [-0.1, -0.05) is 41.0 Å². The first-order chi connectivity index (χ1) is 17.1. The van der Waals surface area contributed by atoms with Crippen molar-refractivity contribution < 1.29 is 34.5 Å². The number of aliphatic hydroxyl groups excluding tert-OH is 1. The van der Waals surface area contributed by atoms with Crippen molar-refractivity contribution in [3.05, 3.63) is 50.9 Å². The Hall–Kier alpha value is -2.78. The third kappa shape index (κ3) is 5.32. The number of amides is 2. The van der Waals surface area contributed by atoms with E-state index in [1.54, 1.807) is 0 Å². The molecule has 2 aliphatic rings. The lowest BCUT2D eigenvalue weighted by Gasteiger charge is -2.49. The highest BCUT2D eigenvalue weighted by Gasteiger charge is 2.54. The maximum absolute atomic E-state index is 12.8. The third-order valence-electron chi connectivity index (χ3n) is 5.26. The van der Waals surface area contributed by atoms with E-state index in [2.05, 4.69) is 20.5 Å². The minimum atomic E-state index is -1.61. The zero-order valence-corrected chi connectivity index (χ0v) is 21.1. The number of halogens is 2. The molecule has 1 aromatic carbocycles. The highest BCUT2D eigenvalue weighted by Crippen LogP contribution is 2.41. The molecule has 4 rings (SSSR count). The van der Waals surface area contributed by atoms with Gasteiger partial charge in [-0.15, -0.1) is 16.9 Å². The Balaban J connectivity index is 1.43. The topological polar surface area (TPSA) is 186 Å². The molecule has 36 heavy (non-hydrogen) atoms. The molecule has 1 aromatic heterocycles. The van der Waals surface area contributed by atoms with E-state index in [-0.39, 0.29) is 50.2 Å². The van der Waals surface area contributed by atoms with Crippen molar-refractivity contribution in [2.24, 2.45) is 0 Å². The van der Waals surface area contributed by atoms with Gasteiger partial charge in [-0.2, -0.15) is 0 Å². The molecule has 2 amide bonds. The number of hydrogen-bond acceptors (Lipinski definition) is 9. The van der Waals surface area contributed by atoms with E-state index < -0.39 is 41.3 Å². The van der Waals surface area contributed by atoms with Crippen molar-refractivity contribution in [2.75, 3.05) is 11.5 Å². The van der Waals surface area contributed by atoms with Crippen LogP contribution < -0.4 is 5.32 Å². The Morgan fingerprint density at radius 2 is 2.03 bits per heavy atom. The molecule has 2 unspecified atom stereocenters. The molecule has 0 radical (unpaired) electrons. The van der Waals surface area contributed by atoms with E-state index >= 15 is 0 Å². The summed E-state index contributed by atoms with van der Waals surface area (Å²) in [6.07, 6.45) is -1.94. The standard InChI is InChI=1S/C20H17Cl2N5O7S2/c21-9-2-1-7(3-10(9)22)15(30)16(31)24-13-17(32)27-14(19(33)34)8(5-35-18(13)27)6-36-20-23-11(25-26-20)4-12(28)29/h1-3,13,15,18,30H,4-6H2,(H,24,31)(H,28,29)(H,33,34)(H,23,25,26)/t13?,15?,18-/m1/s1. The molecule has 0 bridgehead atoms. The van der Waals surface area contributed by atoms with Crippen LogP contribution in [0.2, 0.25) is 10.0 Å². The molecule has 0 saturated carbocycles. The number of β-lactam (4-membered cyclic amide) rings is 1. The number of carboxylic acids is 2. The number of fused-ring (bicyclic) bond motifs is 1. The number of carboxylic acid groups (broad SMARTS) is 2. The van der Waals surface area contributed by atoms with E-state index in [1.807, 2.05) is 0 Å². The summed E-state index contributed by atoms with van der Waals surface area (Å²) in [4.78, 5) is 53.3. The van der Waals surface area contributed by atoms with Crippen LogP contribution in [-0.2, 0) is 25.6 Å². The van der Waals surface area contributed by atoms with Gasteiger partial charge < -0.3 is 20.6 Å². The Bertz CT molecular complexity index is 1290. The second-order valence-electron chi connectivity index (χ2n) is 7.65. The number of aliphatic hydroxyl groups is 1. The number of hydrogen-bond donors (Lipinski definition) is 5. The number of carbonyl (C=O) groups is 4. The van der Waals surface area contributed by atoms with Crippen LogP contribution in [0.5, 0.6) is 0 Å². The van der Waals surface area contributed by atoms with Gasteiger partial charge in [-0.3, -0.25) is 24.4 Å². The van der Waals surface area contributed by atoms with Gasteiger partial charge in [-0.05, 0) is 23.3 Å². The maximum atomic E-state index is 12.8. The first-order valence-corrected chi connectivity index (χ1v) is 12.9. The summed E-state index contributed by atoms with van der Waals surface area (Å²) in [7, 11) is 0. The quantitative estimate of drug-likeness (QED) is 0.215. The summed E-state index contributed by atoms with van der Waals surface area (Å²) in [6.45, 7) is 0. The average molecular weight is 574 g/mol. The van der Waals surface area contributed by atoms with Crippen LogP contribution in [0.25, 0.3) is 0 Å². The molecule has 16 heteroatoms. The van der Waals surface area contributed by atoms with Gasteiger partial charge in [0.15, 0.2) is 6.10 Å². The van der Waals surface area contributed by atoms with Gasteiger partial charge in [0.1, 0.15) is 29.4 Å². The molecule has 5 N–H and O–H groups in total. The number of aromatic amines is 1. The smallest absolute Gasteiger partial charge is 0.352 e. The second kappa shape index (κ2) is 10.7. The second-order valence-corrected chi connectivity index (χ2v) is 10.5. The largest absolute Gasteiger partial charge is 0.481 e. The van der Waals surface area contributed by atoms with Crippen LogP contribution in [0, 0.1) is 0 Å². The van der Waals surface area contributed by atoms with Crippen molar-refractivity contribution in [1.29, 1.82) is 0 Å². The lowest BCUT2D eigenvalue weighted by molar-refractivity contribution is -0.151. The molecule has 3 atom stereocenters. The summed E-state index contributed by atoms with van der Waals surface area (Å²) < 4.78 is 0. The molecular formula is C20H17Cl2N5O7S2. The third-order valence-corrected chi connectivity index (χ3v) is 8.27. The Labute approximate surface area is 221 Å². The van der Waals surface area contributed by atoms with Gasteiger partial charge in [0.25, 0.3) is 11.8 Å². The minimum Gasteiger partial charge on any atom is -0.481 e. The lowest BCUT2D eigenvalue weighted by atomic mass is 10.0. The predicted molar refractivity (Wildman–Crippen MR) is 130 cm³/mol. The van der Waals surface area contributed by atoms with E-state index in [9.17, 15) is 29.4 Å². The first-order valence-electron chi connectivity index (χ1n) is 10.2. The number of carbonyl (C=O) groups excluding carboxylic acids is 2. The number of aromatic nitrogens is 3. The number of nitrogens with zero attached hydrogens (tertiary/aromatic N) is 3. The SMILES string of the molecule is O=C(O)Cc1nc(SCC2=C(C(=O)O)N3C(=O)C(NC(=O)C(O)c4ccc(Cl)c(Cl)c4)[C@H]3SC2)n[nH]1. The summed E-state index contributed by atoms with van der Waals surface area (Å²) >= 11 is 14.1. The average Bonchev–Trinajstić information content (AvgIpc) is 3.27. The van der Waals surface area contributed by atoms with Crippen LogP contribution in [0.15, 0.2) is 34.6 Å². The lowest BCUT2D eigenvalue weighted by Crippen LogP contribution is -2.70. The Morgan fingerprint density at radius 3 is 2.69 bits per heavy atom. The molecule has 12 nitrogen and oxygen atoms in total. The first kappa shape index (κ1) is 26.3. The number of H-pyrrole nitrogens is 1. The number of thioether (sulfide) groups is 2. The highest BCUT2D eigenvalue weighted by atomic mass is 35.5. The molecule has 190 valence electrons. The summed E-state index contributed by atoms with van der Waals surface area (Å²) in [6, 6.07) is 3.18. The van der Waals surface area contributed by atoms with Gasteiger partial charge >= 0.3 is 11.9 Å². The fourth-order valence-electron chi connectivity index (χ4n) is 3.58. The van der Waals surface area contributed by atoms with Crippen LogP contribution >= 0.6 is 46.7 Å². The summed E-state index contributed by atoms with van der Waals surface area (Å²) in [5.41, 5.74) is 0.450. The van der Waals surface area contributed by atoms with Crippen LogP contribution in [-0.4, -0.2) is 82.1 Å². The van der Waals surface area contributed by atoms with Gasteiger partial charge in [0.2, 0.25) is 5.16 Å². The Morgan fingerprint density at radius 1 is 1.28 bits per heavy atom. The van der Waals surface area contributed by atoms with E-state index in [0.29, 0.717) is 5.57 Å². The normalized spacial score (nSPS) is 20.0. The molecule has 1 fully saturated rings. The van der Waals surface area contributed by atoms with E-state index in [0.717, 1.165) is 16.7 Å². The maximum Gasteiger partial charge on any atom is 0.352 e. The van der Waals surface area contributed by atoms with Crippen molar-refractivity contribution in [1.82, 2.24) is 25.4 Å². The summed E-state index contributed by atoms with van der Waals surface area (Å²) in [5, 5.41) is 37.8. The molecule has 0 aliphatic carbocycles. The molecule has 3 heterocycles. The monoisotopic (exact) mass is 573 g/mol. The van der Waals surface area contributed by atoms with Crippen molar-refractivity contribution in [2.45, 2.75) is 29.1 Å². The fourth-order valence-corrected chi connectivity index (χ4v) is 6.19. The van der Waals surface area contributed by atoms with Crippen LogP contribution in [0.1, 0.15) is 17.5 Å². The highest BCUT2D eigenvalue weighted by molar-refractivity contribution is 8.01. The van der Waals surface area contributed by atoms with E-state index in [1.165, 1.54) is 30.0 Å². The number of aliphatic carboxylic acids is 2. The molecule has 2 aromatic rings. The van der Waals surface area contributed by atoms with Gasteiger partial charge in [-0.25, -0.2) is 9.78 Å². The van der Waals surface area contributed by atoms with Crippen molar-refractivity contribution >= 4 is 70.5 Å². The van der Waals surface area contributed by atoms with Crippen molar-refractivity contribution in [3.63, 3.8) is 0 Å². The molecule has 1 saturated heterocycles. The van der Waals surface area contributed by atoms with Gasteiger partial charge in [0.05, 0.1) is 10.0 Å². The molecule has 2 aliphatic heterocycles. The molecular weight excluding hydrogens is 557 g/mol. The fraction of sp³-hybridized carbons (Fsp3) is 0.300. The predicted octanol–water partition coefficient (Wildman–Crippen LogP) is 1.30. The number of benzene rings is 1. The van der Waals surface area contributed by atoms with E-state index in [4.69, 9.17) is 28.3 Å². The van der Waals surface area contributed by atoms with Crippen LogP contribution in [0.3, 0.4) is 0 Å². The number of rotatable bonds is 9. The summed E-state index contributed by atoms with van der Waals surface area (Å²) in [5.74, 6) is -3.25. The minimum absolute atomic E-state index is 0.152. The molecule has 0 spiro atoms. The zero-order valence-electron chi connectivity index (χ0n) is 18.0.